The third-order valence-electron chi connectivity index (χ3n) is 6.19. The number of methoxy groups -OCH3 is 1. The summed E-state index contributed by atoms with van der Waals surface area (Å²) in [6, 6.07) is 9.43. The van der Waals surface area contributed by atoms with E-state index >= 15 is 0 Å². The van der Waals surface area contributed by atoms with Gasteiger partial charge in [-0.15, -0.1) is 0 Å². The van der Waals surface area contributed by atoms with Crippen molar-refractivity contribution in [3.63, 3.8) is 0 Å². The molecule has 1 aliphatic rings. The van der Waals surface area contributed by atoms with Crippen molar-refractivity contribution in [2.75, 3.05) is 30.8 Å². The van der Waals surface area contributed by atoms with Crippen molar-refractivity contribution < 1.29 is 14.3 Å². The first-order chi connectivity index (χ1) is 16.3. The lowest BCUT2D eigenvalue weighted by atomic mass is 9.93. The monoisotopic (exact) mass is 484 g/mol. The zero-order valence-corrected chi connectivity index (χ0v) is 20.8. The molecule has 8 heteroatoms. The third kappa shape index (κ3) is 7.05. The highest BCUT2D eigenvalue weighted by Gasteiger charge is 2.24. The smallest absolute Gasteiger partial charge is 0.305 e. The highest BCUT2D eigenvalue weighted by molar-refractivity contribution is 6.30. The van der Waals surface area contributed by atoms with Gasteiger partial charge in [0.1, 0.15) is 5.82 Å². The third-order valence-corrected chi connectivity index (χ3v) is 6.41. The van der Waals surface area contributed by atoms with Gasteiger partial charge in [0.15, 0.2) is 0 Å². The number of nitrogens with zero attached hydrogens (tertiary/aromatic N) is 2. The number of halogens is 1. The summed E-state index contributed by atoms with van der Waals surface area (Å²) in [5.74, 6) is 0.141. The Kier molecular flexibility index (Phi) is 9.07. The number of anilines is 2. The first-order valence-electron chi connectivity index (χ1n) is 11.6. The summed E-state index contributed by atoms with van der Waals surface area (Å²) in [6.07, 6.45) is 4.24. The van der Waals surface area contributed by atoms with E-state index in [-0.39, 0.29) is 18.3 Å². The zero-order valence-electron chi connectivity index (χ0n) is 20.1. The number of hydrogen-bond acceptors (Lipinski definition) is 6. The summed E-state index contributed by atoms with van der Waals surface area (Å²) in [5.41, 5.74) is 2.90. The van der Waals surface area contributed by atoms with Crippen molar-refractivity contribution in [3.8, 4) is 0 Å². The number of nitrogens with one attached hydrogen (secondary N) is 2. The molecule has 2 heterocycles. The molecule has 0 bridgehead atoms. The Morgan fingerprint density at radius 2 is 1.94 bits per heavy atom. The molecule has 0 aliphatic carbocycles. The van der Waals surface area contributed by atoms with E-state index in [9.17, 15) is 9.59 Å². The summed E-state index contributed by atoms with van der Waals surface area (Å²) in [5, 5.41) is 6.71. The van der Waals surface area contributed by atoms with E-state index < -0.39 is 0 Å². The molecule has 3 rings (SSSR count). The number of carbonyl (C=O) groups excluding carboxylic acids is 2. The summed E-state index contributed by atoms with van der Waals surface area (Å²) in [6.45, 7) is 10.8. The van der Waals surface area contributed by atoms with Crippen LogP contribution in [0, 0.1) is 5.92 Å². The van der Waals surface area contributed by atoms with Crippen LogP contribution in [0.2, 0.25) is 5.02 Å². The number of amides is 1. The van der Waals surface area contributed by atoms with Crippen molar-refractivity contribution >= 4 is 35.0 Å². The van der Waals surface area contributed by atoms with Crippen LogP contribution in [0.4, 0.5) is 11.5 Å². The van der Waals surface area contributed by atoms with Crippen LogP contribution in [0.5, 0.6) is 0 Å². The first kappa shape index (κ1) is 25.7. The van der Waals surface area contributed by atoms with Crippen LogP contribution < -0.4 is 10.6 Å². The molecular formula is C26H33ClN4O3. The van der Waals surface area contributed by atoms with Gasteiger partial charge in [-0.05, 0) is 76.0 Å². The minimum absolute atomic E-state index is 0.240. The maximum atomic E-state index is 13.2. The van der Waals surface area contributed by atoms with Crippen molar-refractivity contribution in [2.24, 2.45) is 5.92 Å². The molecule has 34 heavy (non-hydrogen) atoms. The number of piperidine rings is 1. The Morgan fingerprint density at radius 1 is 1.21 bits per heavy atom. The number of hydrogen-bond donors (Lipinski definition) is 2. The van der Waals surface area contributed by atoms with Crippen molar-refractivity contribution in [1.29, 1.82) is 0 Å². The van der Waals surface area contributed by atoms with Crippen molar-refractivity contribution in [2.45, 2.75) is 45.6 Å². The van der Waals surface area contributed by atoms with E-state index in [4.69, 9.17) is 16.3 Å². The second-order valence-electron chi connectivity index (χ2n) is 8.83. The molecule has 1 aromatic carbocycles. The van der Waals surface area contributed by atoms with Crippen LogP contribution in [0.15, 0.2) is 48.8 Å². The van der Waals surface area contributed by atoms with E-state index in [1.165, 1.54) is 13.3 Å². The Morgan fingerprint density at radius 3 is 2.56 bits per heavy atom. The van der Waals surface area contributed by atoms with Gasteiger partial charge in [0.05, 0.1) is 23.4 Å². The van der Waals surface area contributed by atoms with Gasteiger partial charge in [0.2, 0.25) is 0 Å². The normalized spacial score (nSPS) is 14.6. The van der Waals surface area contributed by atoms with Gasteiger partial charge < -0.3 is 20.3 Å². The fourth-order valence-electron chi connectivity index (χ4n) is 4.07. The predicted molar refractivity (Wildman–Crippen MR) is 136 cm³/mol. The maximum Gasteiger partial charge on any atom is 0.305 e. The largest absolute Gasteiger partial charge is 0.469 e. The van der Waals surface area contributed by atoms with Crippen LogP contribution in [-0.2, 0) is 16.0 Å². The average Bonchev–Trinajstić information content (AvgIpc) is 2.84. The molecular weight excluding hydrogens is 452 g/mol. The highest BCUT2D eigenvalue weighted by atomic mass is 35.5. The second kappa shape index (κ2) is 12.0. The topological polar surface area (TPSA) is 83.6 Å². The maximum absolute atomic E-state index is 13.2. The molecule has 1 fully saturated rings. The second-order valence-corrected chi connectivity index (χ2v) is 9.26. The lowest BCUT2D eigenvalue weighted by Crippen LogP contribution is -2.39. The van der Waals surface area contributed by atoms with E-state index in [1.807, 2.05) is 12.1 Å². The fourth-order valence-corrected chi connectivity index (χ4v) is 4.18. The molecule has 0 spiro atoms. The number of aromatic nitrogens is 1. The first-order valence-corrected chi connectivity index (χ1v) is 12.0. The number of pyridine rings is 1. The van der Waals surface area contributed by atoms with Gasteiger partial charge >= 0.3 is 5.97 Å². The van der Waals surface area contributed by atoms with Gasteiger partial charge in [-0.3, -0.25) is 9.59 Å². The van der Waals surface area contributed by atoms with Crippen LogP contribution in [-0.4, -0.2) is 48.0 Å². The highest BCUT2D eigenvalue weighted by Crippen LogP contribution is 2.28. The minimum atomic E-state index is -0.306. The number of carbonyl (C=O) groups is 2. The Bertz CT molecular complexity index is 1020. The molecule has 1 aromatic heterocycles. The van der Waals surface area contributed by atoms with Gasteiger partial charge in [0.25, 0.3) is 5.91 Å². The number of rotatable bonds is 9. The molecule has 0 saturated carbocycles. The van der Waals surface area contributed by atoms with Crippen LogP contribution in [0.1, 0.15) is 49.0 Å². The lowest BCUT2D eigenvalue weighted by molar-refractivity contribution is -0.140. The van der Waals surface area contributed by atoms with Gasteiger partial charge in [-0.2, -0.15) is 0 Å². The van der Waals surface area contributed by atoms with Gasteiger partial charge in [-0.1, -0.05) is 24.2 Å². The molecule has 0 unspecified atom stereocenters. The molecule has 2 N–H and O–H groups in total. The lowest BCUT2D eigenvalue weighted by Gasteiger charge is -2.35. The SMILES string of the molecule is C=C(Nc1ccc(CCC(=O)OC)cc1C(=O)Nc1ccc(Cl)cn1)C1CCN(C(C)C)CC1. The predicted octanol–water partition coefficient (Wildman–Crippen LogP) is 5.14. The fraction of sp³-hybridized carbons (Fsp3) is 0.423. The van der Waals surface area contributed by atoms with Crippen molar-refractivity contribution in [3.05, 3.63) is 65.0 Å². The van der Waals surface area contributed by atoms with Crippen LogP contribution in [0.25, 0.3) is 0 Å². The quantitative estimate of drug-likeness (QED) is 0.479. The van der Waals surface area contributed by atoms with Gasteiger partial charge in [-0.25, -0.2) is 4.98 Å². The molecule has 0 atom stereocenters. The zero-order chi connectivity index (χ0) is 24.7. The van der Waals surface area contributed by atoms with E-state index in [0.29, 0.717) is 40.5 Å². The molecule has 182 valence electrons. The standard InChI is InChI=1S/C26H33ClN4O3/c1-17(2)31-13-11-20(12-14-31)18(3)29-23-8-5-19(6-10-25(32)34-4)15-22(23)26(33)30-24-9-7-21(27)16-28-24/h5,7-9,15-17,20,29H,3,6,10-14H2,1-2,4H3,(H,28,30,33). The summed E-state index contributed by atoms with van der Waals surface area (Å²) >= 11 is 5.91. The van der Waals surface area contributed by atoms with Crippen LogP contribution in [0.3, 0.4) is 0 Å². The van der Waals surface area contributed by atoms with Gasteiger partial charge in [0, 0.05) is 30.3 Å². The van der Waals surface area contributed by atoms with E-state index in [1.54, 1.807) is 18.2 Å². The molecule has 2 aromatic rings. The summed E-state index contributed by atoms with van der Waals surface area (Å²) < 4.78 is 4.74. The summed E-state index contributed by atoms with van der Waals surface area (Å²) in [4.78, 5) is 31.4. The average molecular weight is 485 g/mol. The molecule has 1 amide bonds. The van der Waals surface area contributed by atoms with Crippen LogP contribution >= 0.6 is 11.6 Å². The van der Waals surface area contributed by atoms with E-state index in [2.05, 4.69) is 40.9 Å². The Balaban J connectivity index is 1.77. The number of benzene rings is 1. The number of ether oxygens (including phenoxy) is 1. The number of allylic oxidation sites excluding steroid dienone is 1. The molecule has 1 saturated heterocycles. The molecule has 0 radical (unpaired) electrons. The van der Waals surface area contributed by atoms with E-state index in [0.717, 1.165) is 37.2 Å². The molecule has 1 aliphatic heterocycles. The Hall–Kier alpha value is -2.90. The number of likely N-dealkylation sites (tertiary alicyclic amines) is 1. The summed E-state index contributed by atoms with van der Waals surface area (Å²) in [7, 11) is 1.37. The Labute approximate surface area is 206 Å². The minimum Gasteiger partial charge on any atom is -0.469 e. The van der Waals surface area contributed by atoms with Crippen molar-refractivity contribution in [1.82, 2.24) is 9.88 Å². The molecule has 7 nitrogen and oxygen atoms in total. The number of esters is 1. The number of aryl methyl sites for hydroxylation is 1.